The summed E-state index contributed by atoms with van der Waals surface area (Å²) in [5, 5.41) is 5.37. The molecule has 0 fully saturated rings. The Morgan fingerprint density at radius 3 is 2.78 bits per heavy atom. The molecule has 0 spiro atoms. The predicted octanol–water partition coefficient (Wildman–Crippen LogP) is 3.43. The number of rotatable bonds is 1. The molecule has 0 atom stereocenters. The lowest BCUT2D eigenvalue weighted by Crippen LogP contribution is -1.96. The van der Waals surface area contributed by atoms with Gasteiger partial charge in [-0.2, -0.15) is 5.10 Å². The fourth-order valence-corrected chi connectivity index (χ4v) is 2.18. The molecule has 90 valence electrons. The second-order valence-electron chi connectivity index (χ2n) is 3.99. The average Bonchev–Trinajstić information content (AvgIpc) is 2.74. The van der Waals surface area contributed by atoms with E-state index < -0.39 is 0 Å². The molecule has 1 aromatic carbocycles. The summed E-state index contributed by atoms with van der Waals surface area (Å²) in [6.45, 7) is 0. The minimum absolute atomic E-state index is 0.326. The maximum atomic E-state index is 13.2. The van der Waals surface area contributed by atoms with Crippen LogP contribution < -0.4 is 0 Å². The number of hydrogen-bond donors (Lipinski definition) is 0. The first kappa shape index (κ1) is 11.2. The van der Waals surface area contributed by atoms with Gasteiger partial charge >= 0.3 is 0 Å². The lowest BCUT2D eigenvalue weighted by molar-refractivity contribution is 0.629. The summed E-state index contributed by atoms with van der Waals surface area (Å²) in [6, 6.07) is 7.98. The Bertz CT molecular complexity index is 736. The molecule has 0 saturated carbocycles. The van der Waals surface area contributed by atoms with Gasteiger partial charge in [0.15, 0.2) is 0 Å². The van der Waals surface area contributed by atoms with Gasteiger partial charge in [0, 0.05) is 24.7 Å². The van der Waals surface area contributed by atoms with E-state index in [1.165, 1.54) is 12.1 Å². The Morgan fingerprint density at radius 2 is 2.06 bits per heavy atom. The zero-order valence-corrected chi connectivity index (χ0v) is 10.3. The first-order valence-corrected chi connectivity index (χ1v) is 5.77. The van der Waals surface area contributed by atoms with Gasteiger partial charge in [0.1, 0.15) is 5.82 Å². The molecule has 0 aliphatic carbocycles. The van der Waals surface area contributed by atoms with Gasteiger partial charge in [-0.3, -0.25) is 4.68 Å². The first-order chi connectivity index (χ1) is 8.65. The minimum Gasteiger partial charge on any atom is -0.266 e. The predicted molar refractivity (Wildman–Crippen MR) is 68.9 cm³/mol. The summed E-state index contributed by atoms with van der Waals surface area (Å²) in [6.07, 6.45) is 1.68. The molecule has 3 nitrogen and oxygen atoms in total. The summed E-state index contributed by atoms with van der Waals surface area (Å²) >= 11 is 6.19. The van der Waals surface area contributed by atoms with Crippen LogP contribution in [0.25, 0.3) is 22.3 Å². The maximum absolute atomic E-state index is 13.2. The van der Waals surface area contributed by atoms with E-state index in [4.69, 9.17) is 11.6 Å². The molecule has 0 N–H and O–H groups in total. The molecule has 0 saturated heterocycles. The highest BCUT2D eigenvalue weighted by Gasteiger charge is 2.09. The topological polar surface area (TPSA) is 30.7 Å². The van der Waals surface area contributed by atoms with Gasteiger partial charge in [-0.05, 0) is 24.3 Å². The molecule has 0 bridgehead atoms. The van der Waals surface area contributed by atoms with Crippen molar-refractivity contribution in [1.82, 2.24) is 14.8 Å². The third kappa shape index (κ3) is 1.75. The number of pyridine rings is 1. The number of aromatic nitrogens is 3. The second kappa shape index (κ2) is 4.07. The highest BCUT2D eigenvalue weighted by Crippen LogP contribution is 2.28. The van der Waals surface area contributed by atoms with Crippen molar-refractivity contribution in [3.63, 3.8) is 0 Å². The van der Waals surface area contributed by atoms with Crippen molar-refractivity contribution in [2.75, 3.05) is 0 Å². The zero-order valence-electron chi connectivity index (χ0n) is 9.56. The first-order valence-electron chi connectivity index (χ1n) is 5.39. The number of halogens is 2. The van der Waals surface area contributed by atoms with Crippen LogP contribution in [0.2, 0.25) is 5.02 Å². The molecular weight excluding hydrogens is 253 g/mol. The van der Waals surface area contributed by atoms with E-state index in [9.17, 15) is 4.39 Å². The van der Waals surface area contributed by atoms with Crippen molar-refractivity contribution in [3.05, 3.63) is 47.4 Å². The van der Waals surface area contributed by atoms with Crippen LogP contribution in [0.5, 0.6) is 0 Å². The van der Waals surface area contributed by atoms with Crippen LogP contribution >= 0.6 is 11.6 Å². The van der Waals surface area contributed by atoms with Gasteiger partial charge in [0.2, 0.25) is 0 Å². The summed E-state index contributed by atoms with van der Waals surface area (Å²) in [4.78, 5) is 4.41. The van der Waals surface area contributed by atoms with Crippen LogP contribution in [0.15, 0.2) is 36.5 Å². The van der Waals surface area contributed by atoms with Gasteiger partial charge in [-0.1, -0.05) is 11.6 Å². The van der Waals surface area contributed by atoms with Crippen LogP contribution in [-0.2, 0) is 7.05 Å². The van der Waals surface area contributed by atoms with E-state index in [0.717, 1.165) is 11.1 Å². The van der Waals surface area contributed by atoms with Crippen molar-refractivity contribution in [2.45, 2.75) is 0 Å². The molecule has 2 aromatic heterocycles. The Kier molecular flexibility index (Phi) is 2.52. The SMILES string of the molecule is Cn1nccc1-c1cc(Cl)c2ccc(F)cc2n1. The van der Waals surface area contributed by atoms with Crippen LogP contribution in [0.3, 0.4) is 0 Å². The minimum atomic E-state index is -0.326. The van der Waals surface area contributed by atoms with E-state index in [1.54, 1.807) is 23.0 Å². The van der Waals surface area contributed by atoms with Crippen LogP contribution in [0.4, 0.5) is 4.39 Å². The highest BCUT2D eigenvalue weighted by molar-refractivity contribution is 6.35. The number of fused-ring (bicyclic) bond motifs is 1. The largest absolute Gasteiger partial charge is 0.266 e. The van der Waals surface area contributed by atoms with E-state index in [0.29, 0.717) is 16.2 Å². The van der Waals surface area contributed by atoms with Crippen molar-refractivity contribution in [3.8, 4) is 11.4 Å². The average molecular weight is 262 g/mol. The summed E-state index contributed by atoms with van der Waals surface area (Å²) in [7, 11) is 1.82. The number of benzene rings is 1. The Hall–Kier alpha value is -1.94. The third-order valence-electron chi connectivity index (χ3n) is 2.80. The molecule has 0 radical (unpaired) electrons. The lowest BCUT2D eigenvalue weighted by atomic mass is 10.1. The molecule has 18 heavy (non-hydrogen) atoms. The van der Waals surface area contributed by atoms with Crippen molar-refractivity contribution < 1.29 is 4.39 Å². The zero-order chi connectivity index (χ0) is 12.7. The normalized spacial score (nSPS) is 11.1. The Balaban J connectivity index is 2.30. The fraction of sp³-hybridized carbons (Fsp3) is 0.0769. The van der Waals surface area contributed by atoms with Crippen LogP contribution in [0, 0.1) is 5.82 Å². The van der Waals surface area contributed by atoms with E-state index in [1.807, 2.05) is 13.1 Å². The van der Waals surface area contributed by atoms with Crippen LogP contribution in [-0.4, -0.2) is 14.8 Å². The van der Waals surface area contributed by atoms with E-state index in [2.05, 4.69) is 10.1 Å². The molecule has 0 aliphatic heterocycles. The number of aryl methyl sites for hydroxylation is 1. The van der Waals surface area contributed by atoms with Crippen molar-refractivity contribution >= 4 is 22.5 Å². The summed E-state index contributed by atoms with van der Waals surface area (Å²) < 4.78 is 14.9. The fourth-order valence-electron chi connectivity index (χ4n) is 1.92. The lowest BCUT2D eigenvalue weighted by Gasteiger charge is -2.05. The molecule has 0 amide bonds. The van der Waals surface area contributed by atoms with Crippen molar-refractivity contribution in [1.29, 1.82) is 0 Å². The Morgan fingerprint density at radius 1 is 1.22 bits per heavy atom. The Labute approximate surface area is 108 Å². The molecule has 3 aromatic rings. The monoisotopic (exact) mass is 261 g/mol. The molecular formula is C13H9ClFN3. The van der Waals surface area contributed by atoms with Gasteiger partial charge < -0.3 is 0 Å². The highest BCUT2D eigenvalue weighted by atomic mass is 35.5. The van der Waals surface area contributed by atoms with Crippen molar-refractivity contribution in [2.24, 2.45) is 7.05 Å². The second-order valence-corrected chi connectivity index (χ2v) is 4.40. The smallest absolute Gasteiger partial charge is 0.125 e. The number of hydrogen-bond acceptors (Lipinski definition) is 2. The maximum Gasteiger partial charge on any atom is 0.125 e. The summed E-state index contributed by atoms with van der Waals surface area (Å²) in [5.41, 5.74) is 2.06. The quantitative estimate of drug-likeness (QED) is 0.672. The molecule has 3 rings (SSSR count). The van der Waals surface area contributed by atoms with E-state index >= 15 is 0 Å². The molecule has 2 heterocycles. The number of nitrogens with zero attached hydrogens (tertiary/aromatic N) is 3. The third-order valence-corrected chi connectivity index (χ3v) is 3.12. The van der Waals surface area contributed by atoms with Gasteiger partial charge in [0.25, 0.3) is 0 Å². The summed E-state index contributed by atoms with van der Waals surface area (Å²) in [5.74, 6) is -0.326. The van der Waals surface area contributed by atoms with Gasteiger partial charge in [-0.25, -0.2) is 9.37 Å². The van der Waals surface area contributed by atoms with Gasteiger partial charge in [-0.15, -0.1) is 0 Å². The van der Waals surface area contributed by atoms with Crippen LogP contribution in [0.1, 0.15) is 0 Å². The molecule has 0 aliphatic rings. The standard InChI is InChI=1S/C13H9ClFN3/c1-18-13(4-5-16-18)12-7-10(14)9-3-2-8(15)6-11(9)17-12/h2-7H,1H3. The van der Waals surface area contributed by atoms with Gasteiger partial charge in [0.05, 0.1) is 21.9 Å². The van der Waals surface area contributed by atoms with E-state index in [-0.39, 0.29) is 5.82 Å². The molecule has 5 heteroatoms. The molecule has 0 unspecified atom stereocenters.